The fourth-order valence-corrected chi connectivity index (χ4v) is 4.89. The molecule has 1 amide bonds. The number of nitrogens with one attached hydrogen (secondary N) is 1. The first-order chi connectivity index (χ1) is 18.2. The Kier molecular flexibility index (Phi) is 7.21. The van der Waals surface area contributed by atoms with Crippen LogP contribution in [-0.2, 0) is 16.0 Å². The van der Waals surface area contributed by atoms with Crippen LogP contribution in [0.15, 0.2) is 43.1 Å². The van der Waals surface area contributed by atoms with E-state index in [-0.39, 0.29) is 12.3 Å². The van der Waals surface area contributed by atoms with Crippen LogP contribution in [0, 0.1) is 6.92 Å². The molecular weight excluding hydrogens is 480 g/mol. The molecular formula is C29H36N6O3. The van der Waals surface area contributed by atoms with Crippen molar-refractivity contribution in [1.82, 2.24) is 29.6 Å². The van der Waals surface area contributed by atoms with Crippen LogP contribution < -0.4 is 0 Å². The highest BCUT2D eigenvalue weighted by Gasteiger charge is 2.24. The Hall–Kier alpha value is -3.72. The van der Waals surface area contributed by atoms with Gasteiger partial charge in [0.05, 0.1) is 30.3 Å². The molecule has 0 radical (unpaired) electrons. The van der Waals surface area contributed by atoms with E-state index >= 15 is 0 Å². The summed E-state index contributed by atoms with van der Waals surface area (Å²) in [6.45, 7) is 11.4. The predicted octanol–water partition coefficient (Wildman–Crippen LogP) is 6.25. The number of nitrogens with zero attached hydrogens (tertiary/aromatic N) is 5. The zero-order valence-corrected chi connectivity index (χ0v) is 22.8. The van der Waals surface area contributed by atoms with Crippen molar-refractivity contribution in [3.05, 3.63) is 54.2 Å². The lowest BCUT2D eigenvalue weighted by Crippen LogP contribution is -2.36. The molecule has 5 rings (SSSR count). The summed E-state index contributed by atoms with van der Waals surface area (Å²) in [7, 11) is 0. The van der Waals surface area contributed by atoms with Crippen LogP contribution in [0.5, 0.6) is 0 Å². The van der Waals surface area contributed by atoms with Crippen molar-refractivity contribution in [3.8, 4) is 22.5 Å². The Bertz CT molecular complexity index is 1410. The molecule has 0 saturated carbocycles. The average molecular weight is 517 g/mol. The minimum Gasteiger partial charge on any atom is -0.444 e. The van der Waals surface area contributed by atoms with Crippen LogP contribution in [0.4, 0.5) is 4.79 Å². The first kappa shape index (κ1) is 25.9. The maximum absolute atomic E-state index is 12.7. The molecule has 1 aliphatic rings. The first-order valence-corrected chi connectivity index (χ1v) is 13.3. The Morgan fingerprint density at radius 2 is 2.05 bits per heavy atom. The molecule has 9 nitrogen and oxygen atoms in total. The van der Waals surface area contributed by atoms with E-state index in [4.69, 9.17) is 14.6 Å². The Morgan fingerprint density at radius 3 is 2.74 bits per heavy atom. The van der Waals surface area contributed by atoms with Crippen LogP contribution in [0.25, 0.3) is 33.4 Å². The van der Waals surface area contributed by atoms with Crippen molar-refractivity contribution in [2.75, 3.05) is 13.2 Å². The molecule has 0 aliphatic carbocycles. The van der Waals surface area contributed by atoms with Crippen molar-refractivity contribution in [1.29, 1.82) is 0 Å². The Labute approximate surface area is 223 Å². The molecule has 3 aromatic heterocycles. The maximum atomic E-state index is 12.7. The normalized spacial score (nSPS) is 16.1. The van der Waals surface area contributed by atoms with Gasteiger partial charge in [0, 0.05) is 36.5 Å². The van der Waals surface area contributed by atoms with Gasteiger partial charge < -0.3 is 19.4 Å². The Balaban J connectivity index is 1.52. The highest BCUT2D eigenvalue weighted by molar-refractivity contribution is 5.95. The van der Waals surface area contributed by atoms with E-state index in [1.165, 1.54) is 0 Å². The number of aromatic amines is 1. The second-order valence-corrected chi connectivity index (χ2v) is 10.8. The molecule has 1 fully saturated rings. The zero-order chi connectivity index (χ0) is 26.9. The average Bonchev–Trinajstić information content (AvgIpc) is 3.55. The summed E-state index contributed by atoms with van der Waals surface area (Å²) in [5, 5.41) is 6.00. The third-order valence-corrected chi connectivity index (χ3v) is 6.91. The fraction of sp³-hybridized carbons (Fsp3) is 0.448. The molecule has 0 bridgehead atoms. The van der Waals surface area contributed by atoms with Crippen LogP contribution >= 0.6 is 0 Å². The van der Waals surface area contributed by atoms with E-state index in [2.05, 4.69) is 40.1 Å². The number of ether oxygens (including phenoxy) is 2. The van der Waals surface area contributed by atoms with Gasteiger partial charge in [-0.2, -0.15) is 5.10 Å². The van der Waals surface area contributed by atoms with E-state index < -0.39 is 5.60 Å². The molecule has 0 spiro atoms. The van der Waals surface area contributed by atoms with E-state index in [1.54, 1.807) is 17.4 Å². The SMILES string of the molecule is CCN(Cc1cncc(-c2ccc3c(c2)c(-c2cnc[nH]2)nn3C2CCCCO2)c1C)C(=O)OC(C)(C)C. The minimum absolute atomic E-state index is 0.0756. The summed E-state index contributed by atoms with van der Waals surface area (Å²) in [5.74, 6) is 0. The van der Waals surface area contributed by atoms with Crippen LogP contribution in [-0.4, -0.2) is 54.5 Å². The lowest BCUT2D eigenvalue weighted by molar-refractivity contribution is -0.0365. The molecule has 1 atom stereocenters. The van der Waals surface area contributed by atoms with E-state index in [0.717, 1.165) is 70.4 Å². The van der Waals surface area contributed by atoms with Gasteiger partial charge in [0.15, 0.2) is 6.23 Å². The standard InChI is InChI=1S/C29H36N6O3/c1-6-34(28(36)38-29(3,4)5)17-21-14-30-15-23(19(21)2)20-10-11-25-22(13-20)27(24-16-31-18-32-24)33-35(25)26-9-7-8-12-37-26/h10-11,13-16,18,26H,6-9,12,17H2,1-5H3,(H,31,32). The summed E-state index contributed by atoms with van der Waals surface area (Å²) in [5.41, 5.74) is 6.29. The summed E-state index contributed by atoms with van der Waals surface area (Å²) in [6, 6.07) is 6.39. The molecule has 1 aliphatic heterocycles. The van der Waals surface area contributed by atoms with Gasteiger partial charge in [-0.25, -0.2) is 14.5 Å². The number of pyridine rings is 1. The fourth-order valence-electron chi connectivity index (χ4n) is 4.89. The number of hydrogen-bond acceptors (Lipinski definition) is 6. The maximum Gasteiger partial charge on any atom is 0.410 e. The summed E-state index contributed by atoms with van der Waals surface area (Å²) in [6.07, 6.45) is 9.93. The smallest absolute Gasteiger partial charge is 0.410 e. The molecule has 4 aromatic rings. The van der Waals surface area contributed by atoms with E-state index in [0.29, 0.717) is 13.1 Å². The molecule has 38 heavy (non-hydrogen) atoms. The number of fused-ring (bicyclic) bond motifs is 1. The highest BCUT2D eigenvalue weighted by Crippen LogP contribution is 2.35. The van der Waals surface area contributed by atoms with Crippen molar-refractivity contribution >= 4 is 17.0 Å². The van der Waals surface area contributed by atoms with Crippen molar-refractivity contribution < 1.29 is 14.3 Å². The summed E-state index contributed by atoms with van der Waals surface area (Å²) in [4.78, 5) is 26.4. The summed E-state index contributed by atoms with van der Waals surface area (Å²) < 4.78 is 13.7. The third kappa shape index (κ3) is 5.29. The lowest BCUT2D eigenvalue weighted by Gasteiger charge is -2.27. The second kappa shape index (κ2) is 10.6. The molecule has 1 N–H and O–H groups in total. The Morgan fingerprint density at radius 1 is 1.21 bits per heavy atom. The third-order valence-electron chi connectivity index (χ3n) is 6.91. The lowest BCUT2D eigenvalue weighted by atomic mass is 9.97. The van der Waals surface area contributed by atoms with Crippen molar-refractivity contribution in [2.45, 2.75) is 72.3 Å². The summed E-state index contributed by atoms with van der Waals surface area (Å²) >= 11 is 0. The van der Waals surface area contributed by atoms with Gasteiger partial charge in [-0.3, -0.25) is 4.98 Å². The van der Waals surface area contributed by atoms with Crippen LogP contribution in [0.1, 0.15) is 64.3 Å². The number of H-pyrrole nitrogens is 1. The predicted molar refractivity (Wildman–Crippen MR) is 146 cm³/mol. The molecule has 200 valence electrons. The van der Waals surface area contributed by atoms with E-state index in [9.17, 15) is 4.79 Å². The number of imidazole rings is 1. The van der Waals surface area contributed by atoms with Crippen LogP contribution in [0.3, 0.4) is 0 Å². The second-order valence-electron chi connectivity index (χ2n) is 10.8. The van der Waals surface area contributed by atoms with E-state index in [1.807, 2.05) is 44.8 Å². The van der Waals surface area contributed by atoms with Crippen molar-refractivity contribution in [3.63, 3.8) is 0 Å². The minimum atomic E-state index is -0.547. The van der Waals surface area contributed by atoms with Gasteiger partial charge in [-0.05, 0) is 82.7 Å². The number of aromatic nitrogens is 5. The monoisotopic (exact) mass is 516 g/mol. The number of amides is 1. The molecule has 1 saturated heterocycles. The molecule has 9 heteroatoms. The van der Waals surface area contributed by atoms with Crippen molar-refractivity contribution in [2.24, 2.45) is 0 Å². The van der Waals surface area contributed by atoms with Gasteiger partial charge in [0.2, 0.25) is 0 Å². The van der Waals surface area contributed by atoms with Gasteiger partial charge in [0.1, 0.15) is 11.3 Å². The number of rotatable bonds is 6. The highest BCUT2D eigenvalue weighted by atomic mass is 16.6. The van der Waals surface area contributed by atoms with Crippen LogP contribution in [0.2, 0.25) is 0 Å². The quantitative estimate of drug-likeness (QED) is 0.325. The number of carbonyl (C=O) groups excluding carboxylic acids is 1. The number of carbonyl (C=O) groups is 1. The molecule has 4 heterocycles. The number of hydrogen-bond donors (Lipinski definition) is 1. The van der Waals surface area contributed by atoms with Gasteiger partial charge in [0.25, 0.3) is 0 Å². The van der Waals surface area contributed by atoms with Gasteiger partial charge >= 0.3 is 6.09 Å². The molecule has 1 aromatic carbocycles. The van der Waals surface area contributed by atoms with Gasteiger partial charge in [-0.15, -0.1) is 0 Å². The van der Waals surface area contributed by atoms with Gasteiger partial charge in [-0.1, -0.05) is 6.07 Å². The first-order valence-electron chi connectivity index (χ1n) is 13.3. The zero-order valence-electron chi connectivity index (χ0n) is 22.8. The molecule has 1 unspecified atom stereocenters. The number of benzene rings is 1. The topological polar surface area (TPSA) is 98.2 Å². The largest absolute Gasteiger partial charge is 0.444 e.